The smallest absolute Gasteiger partial charge is 0.364 e. The number of carbonyl (C=O) groups excluding carboxylic acids is 2. The van der Waals surface area contributed by atoms with E-state index in [1.807, 2.05) is 6.08 Å². The molecule has 3 fully saturated rings. The van der Waals surface area contributed by atoms with E-state index in [1.54, 1.807) is 6.08 Å². The lowest BCUT2D eigenvalue weighted by Gasteiger charge is -2.50. The summed E-state index contributed by atoms with van der Waals surface area (Å²) in [5.74, 6) is -6.14. The number of aliphatic hydroxyl groups excluding tert-OH is 11. The van der Waals surface area contributed by atoms with E-state index in [9.17, 15) is 75.7 Å². The van der Waals surface area contributed by atoms with Crippen LogP contribution in [0, 0.1) is 0 Å². The van der Waals surface area contributed by atoms with E-state index in [-0.39, 0.29) is 12.3 Å². The molecule has 0 aromatic rings. The largest absolute Gasteiger partial charge is 0.477 e. The number of carboxylic acid groups (broad SMARTS) is 1. The second-order valence-electron chi connectivity index (χ2n) is 23.6. The molecule has 18 atom stereocenters. The van der Waals surface area contributed by atoms with Crippen LogP contribution >= 0.6 is 0 Å². The highest BCUT2D eigenvalue weighted by molar-refractivity contribution is 5.77. The van der Waals surface area contributed by atoms with E-state index in [1.165, 1.54) is 128 Å². The lowest BCUT2D eigenvalue weighted by molar-refractivity contribution is -0.386. The molecule has 2 amide bonds. The minimum atomic E-state index is -3.08. The molecule has 0 spiro atoms. The van der Waals surface area contributed by atoms with Gasteiger partial charge in [0.2, 0.25) is 11.8 Å². The average molecular weight is 1210 g/mol. The van der Waals surface area contributed by atoms with Gasteiger partial charge in [-0.05, 0) is 19.3 Å². The van der Waals surface area contributed by atoms with Crippen molar-refractivity contribution in [2.75, 3.05) is 26.4 Å². The summed E-state index contributed by atoms with van der Waals surface area (Å²) in [5.41, 5.74) is 0. The van der Waals surface area contributed by atoms with Crippen LogP contribution < -0.4 is 10.6 Å². The van der Waals surface area contributed by atoms with Gasteiger partial charge < -0.3 is 100 Å². The van der Waals surface area contributed by atoms with Gasteiger partial charge in [0.25, 0.3) is 5.79 Å². The van der Waals surface area contributed by atoms with Crippen molar-refractivity contribution in [3.63, 3.8) is 0 Å². The predicted molar refractivity (Wildman–Crippen MR) is 311 cm³/mol. The van der Waals surface area contributed by atoms with Crippen molar-refractivity contribution < 1.29 is 104 Å². The molecule has 0 saturated carbocycles. The molecule has 0 radical (unpaired) electrons. The Kier molecular flexibility index (Phi) is 38.9. The third-order valence-corrected chi connectivity index (χ3v) is 16.5. The lowest BCUT2D eigenvalue weighted by atomic mass is 9.88. The van der Waals surface area contributed by atoms with Crippen LogP contribution in [0.2, 0.25) is 0 Å². The first-order valence-electron chi connectivity index (χ1n) is 32.1. The van der Waals surface area contributed by atoms with Gasteiger partial charge in [0.15, 0.2) is 12.6 Å². The highest BCUT2D eigenvalue weighted by atomic mass is 16.8. The van der Waals surface area contributed by atoms with Crippen LogP contribution in [0.15, 0.2) is 12.2 Å². The fourth-order valence-electron chi connectivity index (χ4n) is 11.3. The van der Waals surface area contributed by atoms with Crippen LogP contribution in [0.5, 0.6) is 0 Å². The van der Waals surface area contributed by atoms with Gasteiger partial charge in [-0.25, -0.2) is 4.79 Å². The molecule has 0 unspecified atom stereocenters. The Bertz CT molecular complexity index is 1770. The Morgan fingerprint density at radius 3 is 1.58 bits per heavy atom. The summed E-state index contributed by atoms with van der Waals surface area (Å²) >= 11 is 0. The Morgan fingerprint density at radius 2 is 1.11 bits per heavy atom. The molecular weight excluding hydrogens is 1100 g/mol. The number of allylic oxidation sites excluding steroid dienone is 1. The van der Waals surface area contributed by atoms with Gasteiger partial charge in [0.05, 0.1) is 50.7 Å². The monoisotopic (exact) mass is 1210 g/mol. The number of rotatable bonds is 47. The quantitative estimate of drug-likeness (QED) is 0.0303. The van der Waals surface area contributed by atoms with Crippen LogP contribution in [-0.2, 0) is 42.8 Å². The van der Waals surface area contributed by atoms with E-state index >= 15 is 0 Å². The van der Waals surface area contributed by atoms with Gasteiger partial charge in [-0.15, -0.1) is 0 Å². The molecule has 84 heavy (non-hydrogen) atoms. The number of hydrogen-bond donors (Lipinski definition) is 14. The highest BCUT2D eigenvalue weighted by Crippen LogP contribution is 2.38. The standard InChI is InChI=1S/C61H112N2O21/c1-4-6-8-10-12-14-16-18-19-20-21-23-25-27-29-31-33-35-48(71)63-42(43(68)34-32-30-28-26-24-22-17-15-13-11-9-7-5-2)40-79-58-53(75)52(74)55(47(39-66)81-58)82-59-54(76)57(51(73)46(38-65)80-59)84-61(60(77)78)36-44(69)49(62-41(3)67)56(83-61)50(72)45(70)37-64/h32,34,42-47,49-59,64-66,68-70,72-76H,4-31,33,35-40H2,1-3H3,(H,62,67)(H,63,71)(H,77,78)/b34-32+/t42-,43+,44-,45+,46+,47+,49+,50+,51-,52+,53+,54+,55+,56+,57-,58+,59-,61-/m0/s1. The Morgan fingerprint density at radius 1 is 0.619 bits per heavy atom. The minimum Gasteiger partial charge on any atom is -0.477 e. The number of hydrogen-bond acceptors (Lipinski definition) is 20. The minimum absolute atomic E-state index is 0.204. The van der Waals surface area contributed by atoms with Gasteiger partial charge >= 0.3 is 5.97 Å². The van der Waals surface area contributed by atoms with Gasteiger partial charge in [-0.3, -0.25) is 9.59 Å². The number of aliphatic carboxylic acids is 1. The molecular formula is C61H112N2O21. The van der Waals surface area contributed by atoms with Crippen LogP contribution in [-0.4, -0.2) is 215 Å². The summed E-state index contributed by atoms with van der Waals surface area (Å²) < 4.78 is 34.7. The summed E-state index contributed by atoms with van der Waals surface area (Å²) in [5, 5.41) is 136. The van der Waals surface area contributed by atoms with E-state index in [2.05, 4.69) is 24.5 Å². The SMILES string of the molecule is CCCCCCCCCCCCC/C=C/[C@@H](O)[C@H](CO[C@@H]1O[C@H](CO)[C@@H](O[C@@H]2O[C@H](CO)[C@H](O)[C@H](O[C@]3(C(=O)O)C[C@H](O)[C@@H](NC(C)=O)[C@H]([C@H](O)[C@H](O)CO)O3)[C@H]2O)[C@H](O)[C@H]1O)NC(=O)CCCCCCCCCCCCCCCCCCC. The molecule has 3 heterocycles. The van der Waals surface area contributed by atoms with Gasteiger partial charge in [-0.2, -0.15) is 0 Å². The van der Waals surface area contributed by atoms with Crippen LogP contribution in [0.4, 0.5) is 0 Å². The molecule has 0 aromatic carbocycles. The Hall–Kier alpha value is -2.53. The zero-order valence-electron chi connectivity index (χ0n) is 50.8. The zero-order chi connectivity index (χ0) is 61.9. The number of carboxylic acids is 1. The maximum Gasteiger partial charge on any atom is 0.364 e. The molecule has 0 aliphatic carbocycles. The summed E-state index contributed by atoms with van der Waals surface area (Å²) in [7, 11) is 0. The molecule has 3 saturated heterocycles. The van der Waals surface area contributed by atoms with Crippen molar-refractivity contribution in [3.8, 4) is 0 Å². The van der Waals surface area contributed by atoms with Gasteiger partial charge in [0.1, 0.15) is 67.1 Å². The first-order chi connectivity index (χ1) is 40.4. The van der Waals surface area contributed by atoms with Crippen molar-refractivity contribution in [3.05, 3.63) is 12.2 Å². The first kappa shape index (κ1) is 75.7. The van der Waals surface area contributed by atoms with Crippen molar-refractivity contribution in [2.45, 2.75) is 330 Å². The summed E-state index contributed by atoms with van der Waals surface area (Å²) in [6.07, 6.45) is 8.40. The predicted octanol–water partition coefficient (Wildman–Crippen LogP) is 3.95. The molecule has 0 aromatic heterocycles. The summed E-state index contributed by atoms with van der Waals surface area (Å²) in [4.78, 5) is 38.4. The normalized spacial score (nSPS) is 29.8. The van der Waals surface area contributed by atoms with E-state index in [0.29, 0.717) is 12.8 Å². The summed E-state index contributed by atoms with van der Waals surface area (Å²) in [6.45, 7) is 2.11. The van der Waals surface area contributed by atoms with Crippen molar-refractivity contribution in [1.82, 2.24) is 10.6 Å². The first-order valence-corrected chi connectivity index (χ1v) is 32.1. The third-order valence-electron chi connectivity index (χ3n) is 16.5. The second kappa shape index (κ2) is 43.2. The van der Waals surface area contributed by atoms with Crippen LogP contribution in [0.1, 0.15) is 220 Å². The van der Waals surface area contributed by atoms with Crippen LogP contribution in [0.25, 0.3) is 0 Å². The van der Waals surface area contributed by atoms with Crippen molar-refractivity contribution in [2.24, 2.45) is 0 Å². The van der Waals surface area contributed by atoms with E-state index in [0.717, 1.165) is 51.9 Å². The number of unbranched alkanes of at least 4 members (excludes halogenated alkanes) is 27. The molecule has 14 N–H and O–H groups in total. The van der Waals surface area contributed by atoms with Crippen molar-refractivity contribution >= 4 is 17.8 Å². The Labute approximate surface area is 499 Å². The topological polar surface area (TPSA) is 373 Å². The second-order valence-corrected chi connectivity index (χ2v) is 23.6. The molecule has 3 rings (SSSR count). The molecule has 23 nitrogen and oxygen atoms in total. The lowest BCUT2D eigenvalue weighted by Crippen LogP contribution is -2.70. The molecule has 3 aliphatic heterocycles. The Balaban J connectivity index is 1.64. The molecule has 3 aliphatic rings. The number of ether oxygens (including phenoxy) is 6. The van der Waals surface area contributed by atoms with E-state index in [4.69, 9.17) is 28.4 Å². The van der Waals surface area contributed by atoms with Gasteiger partial charge in [0, 0.05) is 19.8 Å². The number of carbonyl (C=O) groups is 3. The molecule has 0 bridgehead atoms. The van der Waals surface area contributed by atoms with Crippen LogP contribution in [0.3, 0.4) is 0 Å². The number of amides is 2. The fraction of sp³-hybridized carbons (Fsp3) is 0.918. The molecule has 492 valence electrons. The van der Waals surface area contributed by atoms with Gasteiger partial charge in [-0.1, -0.05) is 193 Å². The van der Waals surface area contributed by atoms with E-state index < -0.39 is 155 Å². The number of nitrogens with one attached hydrogen (secondary N) is 2. The highest BCUT2D eigenvalue weighted by Gasteiger charge is 2.60. The van der Waals surface area contributed by atoms with Crippen molar-refractivity contribution in [1.29, 1.82) is 0 Å². The average Bonchev–Trinajstić information content (AvgIpc) is 1.28. The summed E-state index contributed by atoms with van der Waals surface area (Å²) in [6, 6.07) is -2.61. The number of aliphatic hydroxyl groups is 11. The maximum atomic E-state index is 13.4. The maximum absolute atomic E-state index is 13.4. The third kappa shape index (κ3) is 26.7. The molecule has 23 heteroatoms. The fourth-order valence-corrected chi connectivity index (χ4v) is 11.3. The zero-order valence-corrected chi connectivity index (χ0v) is 50.8.